The fourth-order valence-corrected chi connectivity index (χ4v) is 2.08. The van der Waals surface area contributed by atoms with Crippen LogP contribution in [0.25, 0.3) is 22.3 Å². The summed E-state index contributed by atoms with van der Waals surface area (Å²) in [5.41, 5.74) is 2.71. The highest BCUT2D eigenvalue weighted by Crippen LogP contribution is 2.30. The SMILES string of the molecule is Cc1ccc2oc(-c3cccc([N+](=O)[O-])c3)cc2c1. The Morgan fingerprint density at radius 2 is 1.95 bits per heavy atom. The van der Waals surface area contributed by atoms with Crippen molar-refractivity contribution in [3.8, 4) is 11.3 Å². The molecule has 0 N–H and O–H groups in total. The van der Waals surface area contributed by atoms with Crippen LogP contribution in [0.2, 0.25) is 0 Å². The van der Waals surface area contributed by atoms with E-state index in [9.17, 15) is 10.1 Å². The Bertz CT molecular complexity index is 774. The van der Waals surface area contributed by atoms with Gasteiger partial charge in [-0.3, -0.25) is 10.1 Å². The van der Waals surface area contributed by atoms with E-state index in [1.54, 1.807) is 12.1 Å². The molecule has 0 spiro atoms. The molecule has 0 aliphatic carbocycles. The number of furan rings is 1. The topological polar surface area (TPSA) is 56.3 Å². The van der Waals surface area contributed by atoms with Gasteiger partial charge in [0.05, 0.1) is 4.92 Å². The van der Waals surface area contributed by atoms with Gasteiger partial charge in [0.2, 0.25) is 0 Å². The summed E-state index contributed by atoms with van der Waals surface area (Å²) >= 11 is 0. The summed E-state index contributed by atoms with van der Waals surface area (Å²) in [4.78, 5) is 10.4. The van der Waals surface area contributed by atoms with Crippen LogP contribution >= 0.6 is 0 Å². The zero-order valence-electron chi connectivity index (χ0n) is 10.3. The Kier molecular flexibility index (Phi) is 2.56. The maximum atomic E-state index is 10.8. The maximum Gasteiger partial charge on any atom is 0.270 e. The van der Waals surface area contributed by atoms with Crippen molar-refractivity contribution >= 4 is 16.7 Å². The fraction of sp³-hybridized carbons (Fsp3) is 0.0667. The lowest BCUT2D eigenvalue weighted by molar-refractivity contribution is -0.384. The van der Waals surface area contributed by atoms with Gasteiger partial charge >= 0.3 is 0 Å². The lowest BCUT2D eigenvalue weighted by Gasteiger charge is -1.96. The van der Waals surface area contributed by atoms with Gasteiger partial charge in [0.15, 0.2) is 0 Å². The zero-order chi connectivity index (χ0) is 13.4. The van der Waals surface area contributed by atoms with E-state index >= 15 is 0 Å². The fourth-order valence-electron chi connectivity index (χ4n) is 2.08. The standard InChI is InChI=1S/C15H11NO3/c1-10-5-6-14-12(7-10)9-15(19-14)11-3-2-4-13(8-11)16(17)18/h2-9H,1H3. The molecule has 1 heterocycles. The molecular weight excluding hydrogens is 242 g/mol. The van der Waals surface area contributed by atoms with Crippen molar-refractivity contribution in [2.45, 2.75) is 6.92 Å². The molecule has 0 unspecified atom stereocenters. The Hall–Kier alpha value is -2.62. The first-order valence-electron chi connectivity index (χ1n) is 5.88. The van der Waals surface area contributed by atoms with E-state index in [0.29, 0.717) is 11.3 Å². The van der Waals surface area contributed by atoms with Crippen LogP contribution in [0.1, 0.15) is 5.56 Å². The minimum Gasteiger partial charge on any atom is -0.456 e. The number of rotatable bonds is 2. The molecular formula is C15H11NO3. The van der Waals surface area contributed by atoms with Crippen LogP contribution in [0.4, 0.5) is 5.69 Å². The quantitative estimate of drug-likeness (QED) is 0.505. The normalized spacial score (nSPS) is 10.8. The van der Waals surface area contributed by atoms with Gasteiger partial charge < -0.3 is 4.42 Å². The lowest BCUT2D eigenvalue weighted by Crippen LogP contribution is -1.87. The second-order valence-electron chi connectivity index (χ2n) is 4.46. The molecule has 1 aromatic heterocycles. The molecule has 0 aliphatic rings. The first-order valence-corrected chi connectivity index (χ1v) is 5.88. The highest BCUT2D eigenvalue weighted by molar-refractivity contribution is 5.83. The average molecular weight is 253 g/mol. The average Bonchev–Trinajstić information content (AvgIpc) is 2.81. The number of hydrogen-bond acceptors (Lipinski definition) is 3. The minimum absolute atomic E-state index is 0.0640. The Labute approximate surface area is 109 Å². The van der Waals surface area contributed by atoms with E-state index in [2.05, 4.69) is 0 Å². The minimum atomic E-state index is -0.406. The van der Waals surface area contributed by atoms with Crippen LogP contribution in [-0.4, -0.2) is 4.92 Å². The van der Waals surface area contributed by atoms with E-state index < -0.39 is 4.92 Å². The van der Waals surface area contributed by atoms with Crippen molar-refractivity contribution < 1.29 is 9.34 Å². The highest BCUT2D eigenvalue weighted by Gasteiger charge is 2.10. The van der Waals surface area contributed by atoms with Gasteiger partial charge in [-0.15, -0.1) is 0 Å². The summed E-state index contributed by atoms with van der Waals surface area (Å²) in [6, 6.07) is 14.3. The molecule has 19 heavy (non-hydrogen) atoms. The Morgan fingerprint density at radius 3 is 2.74 bits per heavy atom. The van der Waals surface area contributed by atoms with Gasteiger partial charge in [0.25, 0.3) is 5.69 Å². The molecule has 0 amide bonds. The van der Waals surface area contributed by atoms with Crippen LogP contribution in [0.3, 0.4) is 0 Å². The molecule has 0 bridgehead atoms. The molecule has 3 rings (SSSR count). The molecule has 0 saturated carbocycles. The highest BCUT2D eigenvalue weighted by atomic mass is 16.6. The Morgan fingerprint density at radius 1 is 1.11 bits per heavy atom. The lowest BCUT2D eigenvalue weighted by atomic mass is 10.1. The number of non-ortho nitro benzene ring substituents is 1. The van der Waals surface area contributed by atoms with Gasteiger partial charge in [-0.2, -0.15) is 0 Å². The van der Waals surface area contributed by atoms with Crippen LogP contribution in [0.5, 0.6) is 0 Å². The van der Waals surface area contributed by atoms with Gasteiger partial charge in [-0.25, -0.2) is 0 Å². The van der Waals surface area contributed by atoms with Crippen LogP contribution in [-0.2, 0) is 0 Å². The smallest absolute Gasteiger partial charge is 0.270 e. The van der Waals surface area contributed by atoms with Crippen molar-refractivity contribution in [3.05, 3.63) is 64.2 Å². The van der Waals surface area contributed by atoms with E-state index in [1.807, 2.05) is 31.2 Å². The second-order valence-corrected chi connectivity index (χ2v) is 4.46. The molecule has 2 aromatic carbocycles. The van der Waals surface area contributed by atoms with Gasteiger partial charge in [-0.05, 0) is 25.1 Å². The third kappa shape index (κ3) is 2.08. The second kappa shape index (κ2) is 4.24. The zero-order valence-corrected chi connectivity index (χ0v) is 10.3. The molecule has 0 aliphatic heterocycles. The van der Waals surface area contributed by atoms with E-state index in [0.717, 1.165) is 16.5 Å². The molecule has 4 nitrogen and oxygen atoms in total. The Balaban J connectivity index is 2.13. The van der Waals surface area contributed by atoms with E-state index in [4.69, 9.17) is 4.42 Å². The maximum absolute atomic E-state index is 10.8. The monoisotopic (exact) mass is 253 g/mol. The van der Waals surface area contributed by atoms with Gasteiger partial charge in [-0.1, -0.05) is 23.8 Å². The number of nitrogens with zero attached hydrogens (tertiary/aromatic N) is 1. The summed E-state index contributed by atoms with van der Waals surface area (Å²) in [6.07, 6.45) is 0. The number of aryl methyl sites for hydroxylation is 1. The van der Waals surface area contributed by atoms with Crippen LogP contribution < -0.4 is 0 Å². The molecule has 0 fully saturated rings. The molecule has 0 radical (unpaired) electrons. The third-order valence-corrected chi connectivity index (χ3v) is 3.01. The van der Waals surface area contributed by atoms with Crippen LogP contribution in [0.15, 0.2) is 52.9 Å². The van der Waals surface area contributed by atoms with Crippen molar-refractivity contribution in [2.24, 2.45) is 0 Å². The molecule has 0 atom stereocenters. The number of nitro groups is 1. The first-order chi connectivity index (χ1) is 9.13. The number of nitro benzene ring substituents is 1. The van der Waals surface area contributed by atoms with Crippen molar-refractivity contribution in [2.75, 3.05) is 0 Å². The summed E-state index contributed by atoms with van der Waals surface area (Å²) in [6.45, 7) is 2.01. The van der Waals surface area contributed by atoms with Gasteiger partial charge in [0, 0.05) is 23.1 Å². The van der Waals surface area contributed by atoms with Crippen molar-refractivity contribution in [1.29, 1.82) is 0 Å². The molecule has 4 heteroatoms. The third-order valence-electron chi connectivity index (χ3n) is 3.01. The van der Waals surface area contributed by atoms with Crippen LogP contribution in [0, 0.1) is 17.0 Å². The van der Waals surface area contributed by atoms with E-state index in [1.165, 1.54) is 12.1 Å². The number of hydrogen-bond donors (Lipinski definition) is 0. The van der Waals surface area contributed by atoms with Gasteiger partial charge in [0.1, 0.15) is 11.3 Å². The summed E-state index contributed by atoms with van der Waals surface area (Å²) in [5.74, 6) is 0.643. The van der Waals surface area contributed by atoms with Crippen molar-refractivity contribution in [3.63, 3.8) is 0 Å². The molecule has 94 valence electrons. The number of fused-ring (bicyclic) bond motifs is 1. The summed E-state index contributed by atoms with van der Waals surface area (Å²) in [7, 11) is 0. The predicted octanol–water partition coefficient (Wildman–Crippen LogP) is 4.32. The van der Waals surface area contributed by atoms with Crippen molar-refractivity contribution in [1.82, 2.24) is 0 Å². The predicted molar refractivity (Wildman–Crippen MR) is 73.0 cm³/mol. The largest absolute Gasteiger partial charge is 0.456 e. The summed E-state index contributed by atoms with van der Waals surface area (Å²) in [5, 5.41) is 11.8. The van der Waals surface area contributed by atoms with E-state index in [-0.39, 0.29) is 5.69 Å². The molecule has 3 aromatic rings. The molecule has 0 saturated heterocycles. The summed E-state index contributed by atoms with van der Waals surface area (Å²) < 4.78 is 5.72. The first kappa shape index (κ1) is 11.5. The number of benzene rings is 2.